The van der Waals surface area contributed by atoms with Gasteiger partial charge in [0.05, 0.1) is 34.5 Å². The van der Waals surface area contributed by atoms with Gasteiger partial charge in [-0.15, -0.1) is 0 Å². The van der Waals surface area contributed by atoms with Crippen LogP contribution in [0.15, 0.2) is 71.7 Å². The zero-order chi connectivity index (χ0) is 26.0. The third kappa shape index (κ3) is 3.29. The van der Waals surface area contributed by atoms with Crippen LogP contribution >= 0.6 is 0 Å². The van der Waals surface area contributed by atoms with Crippen LogP contribution in [0.5, 0.6) is 0 Å². The van der Waals surface area contributed by atoms with Gasteiger partial charge in [-0.05, 0) is 55.8 Å². The highest BCUT2D eigenvalue weighted by Crippen LogP contribution is 2.36. The van der Waals surface area contributed by atoms with Crippen LogP contribution in [0.1, 0.15) is 24.2 Å². The molecule has 11 heteroatoms. The van der Waals surface area contributed by atoms with Gasteiger partial charge in [0.2, 0.25) is 0 Å². The number of nitrogens with two attached hydrogens (primary N) is 2. The van der Waals surface area contributed by atoms with E-state index in [0.29, 0.717) is 33.6 Å². The molecular formula is C27H22N10O. The molecule has 0 spiro atoms. The summed E-state index contributed by atoms with van der Waals surface area (Å²) in [7, 11) is 0. The molecule has 0 aliphatic carbocycles. The van der Waals surface area contributed by atoms with Crippen LogP contribution in [0.4, 0.5) is 11.8 Å². The van der Waals surface area contributed by atoms with Gasteiger partial charge in [0, 0.05) is 17.1 Å². The van der Waals surface area contributed by atoms with Crippen molar-refractivity contribution >= 4 is 44.9 Å². The van der Waals surface area contributed by atoms with E-state index in [1.165, 1.54) is 6.33 Å². The lowest BCUT2D eigenvalue weighted by Gasteiger charge is -2.11. The van der Waals surface area contributed by atoms with Crippen molar-refractivity contribution in [3.05, 3.63) is 78.5 Å². The molecule has 5 aromatic heterocycles. The number of aryl methyl sites for hydroxylation is 1. The Kier molecular flexibility index (Phi) is 4.67. The van der Waals surface area contributed by atoms with Crippen molar-refractivity contribution in [3.63, 3.8) is 0 Å². The van der Waals surface area contributed by atoms with Crippen molar-refractivity contribution in [2.24, 2.45) is 0 Å². The molecule has 4 N–H and O–H groups in total. The van der Waals surface area contributed by atoms with Crippen molar-refractivity contribution in [1.29, 1.82) is 0 Å². The summed E-state index contributed by atoms with van der Waals surface area (Å²) in [6.45, 7) is 4.11. The third-order valence-electron chi connectivity index (χ3n) is 6.71. The Labute approximate surface area is 215 Å². The molecule has 0 aliphatic rings. The molecule has 0 radical (unpaired) electrons. The first-order valence-corrected chi connectivity index (χ1v) is 12.0. The minimum Gasteiger partial charge on any atom is -0.424 e. The van der Waals surface area contributed by atoms with Crippen molar-refractivity contribution in [2.75, 3.05) is 11.5 Å². The van der Waals surface area contributed by atoms with Crippen LogP contribution in [0, 0.1) is 6.92 Å². The van der Waals surface area contributed by atoms with E-state index >= 15 is 0 Å². The summed E-state index contributed by atoms with van der Waals surface area (Å²) in [4.78, 5) is 17.4. The Bertz CT molecular complexity index is 1990. The topological polar surface area (TPSA) is 152 Å². The molecule has 2 aromatic carbocycles. The first kappa shape index (κ1) is 21.9. The molecule has 0 fully saturated rings. The molecule has 7 aromatic rings. The second-order valence-electron chi connectivity index (χ2n) is 9.19. The number of hydrogen-bond donors (Lipinski definition) is 2. The van der Waals surface area contributed by atoms with Crippen LogP contribution in [0.2, 0.25) is 0 Å². The number of oxazole rings is 1. The van der Waals surface area contributed by atoms with Gasteiger partial charge >= 0.3 is 0 Å². The number of benzene rings is 2. The largest absolute Gasteiger partial charge is 0.424 e. The Morgan fingerprint density at radius 1 is 1.00 bits per heavy atom. The highest BCUT2D eigenvalue weighted by atomic mass is 16.4. The van der Waals surface area contributed by atoms with Crippen molar-refractivity contribution in [1.82, 2.24) is 39.5 Å². The highest BCUT2D eigenvalue weighted by molar-refractivity contribution is 5.99. The zero-order valence-corrected chi connectivity index (χ0v) is 20.6. The molecule has 7 rings (SSSR count). The number of fused-ring (bicyclic) bond motifs is 3. The minimum absolute atomic E-state index is 0.107. The van der Waals surface area contributed by atoms with Crippen LogP contribution < -0.4 is 11.5 Å². The van der Waals surface area contributed by atoms with Crippen LogP contribution in [0.25, 0.3) is 50.0 Å². The number of aromatic nitrogens is 8. The van der Waals surface area contributed by atoms with Crippen molar-refractivity contribution in [3.8, 4) is 16.9 Å². The van der Waals surface area contributed by atoms with Gasteiger partial charge in [-0.2, -0.15) is 15.2 Å². The van der Waals surface area contributed by atoms with E-state index in [1.54, 1.807) is 12.4 Å². The van der Waals surface area contributed by atoms with Gasteiger partial charge < -0.3 is 15.9 Å². The molecule has 0 aliphatic heterocycles. The third-order valence-corrected chi connectivity index (χ3v) is 6.71. The molecule has 11 nitrogen and oxygen atoms in total. The summed E-state index contributed by atoms with van der Waals surface area (Å²) in [5.41, 5.74) is 19.2. The summed E-state index contributed by atoms with van der Waals surface area (Å²) in [6.07, 6.45) is 4.99. The number of anilines is 2. The maximum atomic E-state index is 6.37. The lowest BCUT2D eigenvalue weighted by atomic mass is 10.1. The molecule has 186 valence electrons. The highest BCUT2D eigenvalue weighted by Gasteiger charge is 2.25. The SMILES string of the molecule is Cc1ccc2c(C(C)n3nc(-c4ccc5oc(N)nc5c4)c4c(N)ncnc43)nn(-c3cccnc3)c2c1. The predicted octanol–water partition coefficient (Wildman–Crippen LogP) is 4.45. The Morgan fingerprint density at radius 3 is 2.74 bits per heavy atom. The fourth-order valence-electron chi connectivity index (χ4n) is 4.91. The van der Waals surface area contributed by atoms with E-state index in [1.807, 2.05) is 46.6 Å². The van der Waals surface area contributed by atoms with E-state index in [-0.39, 0.29) is 12.1 Å². The first-order valence-electron chi connectivity index (χ1n) is 12.0. The summed E-state index contributed by atoms with van der Waals surface area (Å²) < 4.78 is 9.20. The molecule has 0 saturated carbocycles. The standard InChI is InChI=1S/C27H22N10O/c1-14-5-7-18-20(10-14)37(17-4-3-9-30-12-17)34-23(18)15(2)36-26-22(25(28)31-13-32-26)24(35-36)16-6-8-21-19(11-16)33-27(29)38-21/h3-13,15H,1-2H3,(H2,29,33)(H2,28,31,32). The van der Waals surface area contributed by atoms with E-state index in [9.17, 15) is 0 Å². The molecule has 5 heterocycles. The maximum Gasteiger partial charge on any atom is 0.292 e. The average Bonchev–Trinajstić information content (AvgIpc) is 3.61. The molecule has 38 heavy (non-hydrogen) atoms. The fraction of sp³-hybridized carbons (Fsp3) is 0.111. The molecular weight excluding hydrogens is 480 g/mol. The van der Waals surface area contributed by atoms with E-state index < -0.39 is 0 Å². The molecule has 0 saturated heterocycles. The van der Waals surface area contributed by atoms with Crippen LogP contribution in [0.3, 0.4) is 0 Å². The average molecular weight is 503 g/mol. The monoisotopic (exact) mass is 502 g/mol. The van der Waals surface area contributed by atoms with E-state index in [2.05, 4.69) is 45.1 Å². The minimum atomic E-state index is -0.282. The quantitative estimate of drug-likeness (QED) is 0.355. The summed E-state index contributed by atoms with van der Waals surface area (Å²) in [5.74, 6) is 0.338. The number of pyridine rings is 1. The number of rotatable bonds is 4. The maximum absolute atomic E-state index is 6.37. The summed E-state index contributed by atoms with van der Waals surface area (Å²) >= 11 is 0. The van der Waals surface area contributed by atoms with Gasteiger partial charge in [-0.25, -0.2) is 19.3 Å². The molecule has 1 unspecified atom stereocenters. The number of nitrogens with zero attached hydrogens (tertiary/aromatic N) is 8. The van der Waals surface area contributed by atoms with Gasteiger partial charge in [-0.1, -0.05) is 12.1 Å². The van der Waals surface area contributed by atoms with Crippen LogP contribution in [-0.2, 0) is 0 Å². The Hall–Kier alpha value is -5.32. The van der Waals surface area contributed by atoms with Gasteiger partial charge in [0.25, 0.3) is 6.01 Å². The molecule has 0 bridgehead atoms. The van der Waals surface area contributed by atoms with Gasteiger partial charge in [0.15, 0.2) is 11.2 Å². The number of hydrogen-bond acceptors (Lipinski definition) is 9. The lowest BCUT2D eigenvalue weighted by molar-refractivity contribution is 0.564. The summed E-state index contributed by atoms with van der Waals surface area (Å²) in [6, 6.07) is 15.6. The van der Waals surface area contributed by atoms with Crippen molar-refractivity contribution in [2.45, 2.75) is 19.9 Å². The van der Waals surface area contributed by atoms with Crippen LogP contribution in [-0.4, -0.2) is 39.5 Å². The van der Waals surface area contributed by atoms with Gasteiger partial charge in [-0.3, -0.25) is 4.98 Å². The van der Waals surface area contributed by atoms with Gasteiger partial charge in [0.1, 0.15) is 23.4 Å². The second kappa shape index (κ2) is 8.10. The Balaban J connectivity index is 1.44. The summed E-state index contributed by atoms with van der Waals surface area (Å²) in [5, 5.41) is 11.7. The molecule has 1 atom stereocenters. The van der Waals surface area contributed by atoms with E-state index in [4.69, 9.17) is 26.1 Å². The normalized spacial score (nSPS) is 12.6. The zero-order valence-electron chi connectivity index (χ0n) is 20.6. The van der Waals surface area contributed by atoms with E-state index in [0.717, 1.165) is 33.4 Å². The smallest absolute Gasteiger partial charge is 0.292 e. The first-order chi connectivity index (χ1) is 18.5. The predicted molar refractivity (Wildman–Crippen MR) is 145 cm³/mol. The molecule has 0 amide bonds. The Morgan fingerprint density at radius 2 is 1.89 bits per heavy atom. The fourth-order valence-corrected chi connectivity index (χ4v) is 4.91. The van der Waals surface area contributed by atoms with Crippen molar-refractivity contribution < 1.29 is 4.42 Å². The number of nitrogen functional groups attached to an aromatic ring is 2. The second-order valence-corrected chi connectivity index (χ2v) is 9.19. The lowest BCUT2D eigenvalue weighted by Crippen LogP contribution is -2.11.